The summed E-state index contributed by atoms with van der Waals surface area (Å²) >= 11 is 6.71. The van der Waals surface area contributed by atoms with Gasteiger partial charge in [-0.25, -0.2) is 8.78 Å². The quantitative estimate of drug-likeness (QED) is 0.766. The first-order chi connectivity index (χ1) is 12.8. The van der Waals surface area contributed by atoms with Gasteiger partial charge in [-0.3, -0.25) is 19.3 Å². The van der Waals surface area contributed by atoms with Gasteiger partial charge in [0.05, 0.1) is 10.6 Å². The van der Waals surface area contributed by atoms with E-state index >= 15 is 0 Å². The molecule has 27 heavy (non-hydrogen) atoms. The van der Waals surface area contributed by atoms with Crippen molar-refractivity contribution in [3.63, 3.8) is 0 Å². The lowest BCUT2D eigenvalue weighted by Gasteiger charge is -2.12. The largest absolute Gasteiger partial charge is 0.322 e. The number of halogens is 3. The molecule has 138 valence electrons. The van der Waals surface area contributed by atoms with Gasteiger partial charge in [0.2, 0.25) is 5.91 Å². The third-order valence-electron chi connectivity index (χ3n) is 3.57. The number of rotatable bonds is 4. The predicted molar refractivity (Wildman–Crippen MR) is 99.1 cm³/mol. The van der Waals surface area contributed by atoms with Crippen molar-refractivity contribution in [1.29, 1.82) is 0 Å². The number of imide groups is 1. The molecule has 1 aliphatic heterocycles. The molecule has 1 N–H and O–H groups in total. The van der Waals surface area contributed by atoms with Gasteiger partial charge in [-0.1, -0.05) is 29.8 Å². The van der Waals surface area contributed by atoms with E-state index < -0.39 is 35.2 Å². The summed E-state index contributed by atoms with van der Waals surface area (Å²) in [5.74, 6) is -3.20. The van der Waals surface area contributed by atoms with Gasteiger partial charge in [-0.05, 0) is 41.6 Å². The first-order valence-corrected chi connectivity index (χ1v) is 8.79. The summed E-state index contributed by atoms with van der Waals surface area (Å²) in [6.45, 7) is -0.596. The highest BCUT2D eigenvalue weighted by Crippen LogP contribution is 2.33. The highest BCUT2D eigenvalue weighted by Gasteiger charge is 2.36. The van der Waals surface area contributed by atoms with E-state index in [1.165, 1.54) is 6.08 Å². The number of carbonyl (C=O) groups excluding carboxylic acids is 3. The van der Waals surface area contributed by atoms with Crippen LogP contribution in [0.4, 0.5) is 19.3 Å². The number of anilines is 1. The van der Waals surface area contributed by atoms with E-state index in [1.807, 2.05) is 0 Å². The molecule has 0 aromatic heterocycles. The molecule has 1 fully saturated rings. The maximum atomic E-state index is 13.6. The van der Waals surface area contributed by atoms with Gasteiger partial charge in [0.1, 0.15) is 18.2 Å². The van der Waals surface area contributed by atoms with E-state index in [0.717, 1.165) is 17.0 Å². The molecule has 1 heterocycles. The highest BCUT2D eigenvalue weighted by molar-refractivity contribution is 8.18. The third kappa shape index (κ3) is 4.35. The zero-order chi connectivity index (χ0) is 19.6. The van der Waals surface area contributed by atoms with Gasteiger partial charge in [-0.2, -0.15) is 0 Å². The minimum Gasteiger partial charge on any atom is -0.322 e. The molecule has 0 unspecified atom stereocenters. The van der Waals surface area contributed by atoms with Gasteiger partial charge >= 0.3 is 0 Å². The Morgan fingerprint density at radius 1 is 1.19 bits per heavy atom. The van der Waals surface area contributed by atoms with E-state index in [2.05, 4.69) is 5.32 Å². The van der Waals surface area contributed by atoms with Crippen molar-refractivity contribution >= 4 is 52.2 Å². The van der Waals surface area contributed by atoms with Crippen molar-refractivity contribution in [2.24, 2.45) is 0 Å². The first kappa shape index (κ1) is 19.1. The van der Waals surface area contributed by atoms with E-state index in [0.29, 0.717) is 28.4 Å². The standard InChI is InChI=1S/C18H11ClF2N2O3S/c19-12-4-2-1-3-10(12)7-15-17(25)23(18(26)27-15)9-16(24)22-14-6-5-11(20)8-13(14)21/h1-8H,9H2,(H,22,24)/b15-7+. The molecule has 1 aliphatic rings. The molecule has 0 spiro atoms. The molecule has 9 heteroatoms. The number of nitrogens with one attached hydrogen (secondary N) is 1. The molecule has 0 saturated carbocycles. The lowest BCUT2D eigenvalue weighted by Crippen LogP contribution is -2.36. The van der Waals surface area contributed by atoms with Gasteiger partial charge in [0, 0.05) is 11.1 Å². The monoisotopic (exact) mass is 408 g/mol. The molecule has 2 aromatic carbocycles. The zero-order valence-corrected chi connectivity index (χ0v) is 15.1. The lowest BCUT2D eigenvalue weighted by molar-refractivity contribution is -0.127. The Bertz CT molecular complexity index is 981. The van der Waals surface area contributed by atoms with Crippen LogP contribution in [0.25, 0.3) is 6.08 Å². The van der Waals surface area contributed by atoms with Gasteiger partial charge < -0.3 is 5.32 Å². The maximum absolute atomic E-state index is 13.6. The highest BCUT2D eigenvalue weighted by atomic mass is 35.5. The molecule has 0 radical (unpaired) electrons. The molecular weight excluding hydrogens is 398 g/mol. The Kier molecular flexibility index (Phi) is 5.57. The Labute approximate surface area is 162 Å². The number of hydrogen-bond acceptors (Lipinski definition) is 4. The summed E-state index contributed by atoms with van der Waals surface area (Å²) in [5, 5.41) is 1.98. The number of hydrogen-bond donors (Lipinski definition) is 1. The fourth-order valence-electron chi connectivity index (χ4n) is 2.29. The molecule has 0 aliphatic carbocycles. The normalized spacial score (nSPS) is 15.5. The number of thioether (sulfide) groups is 1. The topological polar surface area (TPSA) is 66.5 Å². The number of benzene rings is 2. The number of nitrogens with zero attached hydrogens (tertiary/aromatic N) is 1. The van der Waals surface area contributed by atoms with E-state index in [9.17, 15) is 23.2 Å². The summed E-state index contributed by atoms with van der Waals surface area (Å²) in [5.41, 5.74) is 0.308. The Morgan fingerprint density at radius 3 is 2.63 bits per heavy atom. The zero-order valence-electron chi connectivity index (χ0n) is 13.5. The van der Waals surface area contributed by atoms with Gasteiger partial charge in [0.25, 0.3) is 11.1 Å². The summed E-state index contributed by atoms with van der Waals surface area (Å²) in [4.78, 5) is 37.4. The minimum atomic E-state index is -0.962. The SMILES string of the molecule is O=C(CN1C(=O)S/C(=C/c2ccccc2Cl)C1=O)Nc1ccc(F)cc1F. The number of amides is 3. The Balaban J connectivity index is 1.72. The molecule has 5 nitrogen and oxygen atoms in total. The summed E-state index contributed by atoms with van der Waals surface area (Å²) in [7, 11) is 0. The summed E-state index contributed by atoms with van der Waals surface area (Å²) in [6, 6.07) is 9.42. The molecule has 3 rings (SSSR count). The van der Waals surface area contributed by atoms with Crippen LogP contribution in [0.15, 0.2) is 47.4 Å². The Morgan fingerprint density at radius 2 is 1.93 bits per heavy atom. The first-order valence-electron chi connectivity index (χ1n) is 7.60. The fourth-order valence-corrected chi connectivity index (χ4v) is 3.31. The van der Waals surface area contributed by atoms with Crippen molar-refractivity contribution in [2.45, 2.75) is 0 Å². The molecule has 1 saturated heterocycles. The minimum absolute atomic E-state index is 0.119. The van der Waals surface area contributed by atoms with Crippen molar-refractivity contribution < 1.29 is 23.2 Å². The van der Waals surface area contributed by atoms with Crippen LogP contribution >= 0.6 is 23.4 Å². The van der Waals surface area contributed by atoms with Crippen LogP contribution in [-0.4, -0.2) is 28.5 Å². The average molecular weight is 409 g/mol. The average Bonchev–Trinajstić information content (AvgIpc) is 2.87. The van der Waals surface area contributed by atoms with Gasteiger partial charge in [0.15, 0.2) is 0 Å². The maximum Gasteiger partial charge on any atom is 0.294 e. The number of carbonyl (C=O) groups is 3. The van der Waals surface area contributed by atoms with Gasteiger partial charge in [-0.15, -0.1) is 0 Å². The van der Waals surface area contributed by atoms with E-state index in [1.54, 1.807) is 24.3 Å². The second-order valence-corrected chi connectivity index (χ2v) is 6.86. The smallest absolute Gasteiger partial charge is 0.294 e. The van der Waals surface area contributed by atoms with E-state index in [-0.39, 0.29) is 10.6 Å². The molecule has 0 bridgehead atoms. The second-order valence-electron chi connectivity index (χ2n) is 5.46. The second kappa shape index (κ2) is 7.89. The van der Waals surface area contributed by atoms with Crippen molar-refractivity contribution in [3.05, 3.63) is 69.6 Å². The Hall–Kier alpha value is -2.71. The van der Waals surface area contributed by atoms with Crippen LogP contribution in [0.5, 0.6) is 0 Å². The van der Waals surface area contributed by atoms with Crippen LogP contribution in [0.3, 0.4) is 0 Å². The molecule has 2 aromatic rings. The van der Waals surface area contributed by atoms with Crippen LogP contribution in [-0.2, 0) is 9.59 Å². The molecule has 0 atom stereocenters. The predicted octanol–water partition coefficient (Wildman–Crippen LogP) is 4.29. The van der Waals surface area contributed by atoms with Crippen LogP contribution in [0, 0.1) is 11.6 Å². The summed E-state index contributed by atoms with van der Waals surface area (Å²) < 4.78 is 26.5. The van der Waals surface area contributed by atoms with Crippen molar-refractivity contribution in [1.82, 2.24) is 4.90 Å². The fraction of sp³-hybridized carbons (Fsp3) is 0.0556. The third-order valence-corrected chi connectivity index (χ3v) is 4.82. The molecule has 3 amide bonds. The lowest BCUT2D eigenvalue weighted by atomic mass is 10.2. The van der Waals surface area contributed by atoms with Crippen LogP contribution < -0.4 is 5.32 Å². The van der Waals surface area contributed by atoms with Crippen LogP contribution in [0.2, 0.25) is 5.02 Å². The van der Waals surface area contributed by atoms with E-state index in [4.69, 9.17) is 11.6 Å². The van der Waals surface area contributed by atoms with Crippen molar-refractivity contribution in [3.8, 4) is 0 Å². The molecular formula is C18H11ClF2N2O3S. The summed E-state index contributed by atoms with van der Waals surface area (Å²) in [6.07, 6.45) is 1.46. The van der Waals surface area contributed by atoms with Crippen molar-refractivity contribution in [2.75, 3.05) is 11.9 Å². The van der Waals surface area contributed by atoms with Crippen LogP contribution in [0.1, 0.15) is 5.56 Å².